The second-order valence-electron chi connectivity index (χ2n) is 4.19. The summed E-state index contributed by atoms with van der Waals surface area (Å²) >= 11 is 0. The molecule has 2 N–H and O–H groups in total. The molecule has 6 heteroatoms. The van der Waals surface area contributed by atoms with Crippen molar-refractivity contribution in [2.45, 2.75) is 6.92 Å². The van der Waals surface area contributed by atoms with Crippen LogP contribution in [0.5, 0.6) is 0 Å². The van der Waals surface area contributed by atoms with E-state index in [1.807, 2.05) is 0 Å². The molecule has 2 heterocycles. The van der Waals surface area contributed by atoms with E-state index < -0.39 is 0 Å². The topological polar surface area (TPSA) is 70.9 Å². The van der Waals surface area contributed by atoms with Gasteiger partial charge >= 0.3 is 0 Å². The molecular formula is C13H10FN3O2. The highest BCUT2D eigenvalue weighted by Gasteiger charge is 2.12. The fourth-order valence-corrected chi connectivity index (χ4v) is 1.83. The molecule has 0 unspecified atom stereocenters. The van der Waals surface area contributed by atoms with Crippen LogP contribution in [0.2, 0.25) is 0 Å². The van der Waals surface area contributed by atoms with Gasteiger partial charge in [-0.15, -0.1) is 0 Å². The van der Waals surface area contributed by atoms with Gasteiger partial charge in [0, 0.05) is 17.0 Å². The molecule has 0 bridgehead atoms. The van der Waals surface area contributed by atoms with E-state index in [1.165, 1.54) is 12.1 Å². The lowest BCUT2D eigenvalue weighted by molar-refractivity contribution is 0.102. The van der Waals surface area contributed by atoms with E-state index in [4.69, 9.17) is 4.52 Å². The fraction of sp³-hybridized carbons (Fsp3) is 0.0769. The Morgan fingerprint density at radius 3 is 2.95 bits per heavy atom. The third-order valence-electron chi connectivity index (χ3n) is 2.70. The second-order valence-corrected chi connectivity index (χ2v) is 4.19. The minimum Gasteiger partial charge on any atom is -0.360 e. The summed E-state index contributed by atoms with van der Waals surface area (Å²) in [5.74, 6) is 0.247. The molecule has 0 radical (unpaired) electrons. The van der Waals surface area contributed by atoms with Crippen LogP contribution in [-0.4, -0.2) is 16.0 Å². The molecule has 3 rings (SSSR count). The van der Waals surface area contributed by atoms with Gasteiger partial charge in [0.15, 0.2) is 5.82 Å². The SMILES string of the molecule is Cc1cc(NC(=O)c2cc3cc(F)ccc3[nH]2)no1. The third kappa shape index (κ3) is 2.20. The molecule has 19 heavy (non-hydrogen) atoms. The minimum atomic E-state index is -0.357. The first-order chi connectivity index (χ1) is 9.11. The molecule has 1 aromatic carbocycles. The molecule has 0 fully saturated rings. The van der Waals surface area contributed by atoms with Gasteiger partial charge in [0.2, 0.25) is 0 Å². The van der Waals surface area contributed by atoms with E-state index >= 15 is 0 Å². The maximum Gasteiger partial charge on any atom is 0.273 e. The quantitative estimate of drug-likeness (QED) is 0.743. The van der Waals surface area contributed by atoms with Crippen LogP contribution in [0.25, 0.3) is 10.9 Å². The highest BCUT2D eigenvalue weighted by atomic mass is 19.1. The van der Waals surface area contributed by atoms with Crippen LogP contribution in [0, 0.1) is 12.7 Å². The number of aromatic amines is 1. The number of benzene rings is 1. The highest BCUT2D eigenvalue weighted by molar-refractivity contribution is 6.05. The zero-order valence-corrected chi connectivity index (χ0v) is 10.0. The van der Waals surface area contributed by atoms with Crippen molar-refractivity contribution in [3.05, 3.63) is 47.6 Å². The van der Waals surface area contributed by atoms with Crippen LogP contribution < -0.4 is 5.32 Å². The van der Waals surface area contributed by atoms with E-state index in [1.54, 1.807) is 25.1 Å². The van der Waals surface area contributed by atoms with Crippen LogP contribution in [0.3, 0.4) is 0 Å². The summed E-state index contributed by atoms with van der Waals surface area (Å²) in [5, 5.41) is 6.89. The molecule has 3 aromatic rings. The molecule has 0 atom stereocenters. The molecule has 0 spiro atoms. The van der Waals surface area contributed by atoms with Crippen LogP contribution in [0.1, 0.15) is 16.2 Å². The van der Waals surface area contributed by atoms with Crippen molar-refractivity contribution >= 4 is 22.6 Å². The number of carbonyl (C=O) groups excluding carboxylic acids is 1. The smallest absolute Gasteiger partial charge is 0.273 e. The zero-order valence-electron chi connectivity index (χ0n) is 10.0. The number of halogens is 1. The van der Waals surface area contributed by atoms with Gasteiger partial charge in [0.05, 0.1) is 0 Å². The molecule has 2 aromatic heterocycles. The summed E-state index contributed by atoms with van der Waals surface area (Å²) in [7, 11) is 0. The van der Waals surface area contributed by atoms with Crippen molar-refractivity contribution in [1.82, 2.24) is 10.1 Å². The van der Waals surface area contributed by atoms with Gasteiger partial charge in [-0.1, -0.05) is 5.16 Å². The Morgan fingerprint density at radius 1 is 1.37 bits per heavy atom. The Kier molecular flexibility index (Phi) is 2.56. The molecule has 0 aliphatic heterocycles. The first-order valence-corrected chi connectivity index (χ1v) is 5.65. The lowest BCUT2D eigenvalue weighted by atomic mass is 10.2. The first-order valence-electron chi connectivity index (χ1n) is 5.65. The van der Waals surface area contributed by atoms with E-state index in [0.717, 1.165) is 0 Å². The second kappa shape index (κ2) is 4.24. The molecular weight excluding hydrogens is 249 g/mol. The molecule has 0 saturated carbocycles. The number of H-pyrrole nitrogens is 1. The molecule has 1 amide bonds. The standard InChI is InChI=1S/C13H10FN3O2/c1-7-4-12(17-19-7)16-13(18)11-6-8-5-9(14)2-3-10(8)15-11/h2-6,15H,1H3,(H,16,17,18). The number of hydrogen-bond acceptors (Lipinski definition) is 3. The molecule has 0 aliphatic rings. The van der Waals surface area contributed by atoms with Gasteiger partial charge in [-0.05, 0) is 31.2 Å². The average molecular weight is 259 g/mol. The van der Waals surface area contributed by atoms with Crippen molar-refractivity contribution in [2.75, 3.05) is 5.32 Å². The Balaban J connectivity index is 1.89. The summed E-state index contributed by atoms with van der Waals surface area (Å²) in [4.78, 5) is 14.9. The normalized spacial score (nSPS) is 10.8. The highest BCUT2D eigenvalue weighted by Crippen LogP contribution is 2.17. The van der Waals surface area contributed by atoms with Crippen LogP contribution >= 0.6 is 0 Å². The maximum absolute atomic E-state index is 13.1. The van der Waals surface area contributed by atoms with E-state index in [-0.39, 0.29) is 11.7 Å². The number of carbonyl (C=O) groups is 1. The van der Waals surface area contributed by atoms with Crippen molar-refractivity contribution in [2.24, 2.45) is 0 Å². The zero-order chi connectivity index (χ0) is 13.4. The van der Waals surface area contributed by atoms with E-state index in [9.17, 15) is 9.18 Å². The van der Waals surface area contributed by atoms with Crippen LogP contribution in [-0.2, 0) is 0 Å². The Bertz CT molecular complexity index is 760. The van der Waals surface area contributed by atoms with E-state index in [0.29, 0.717) is 28.2 Å². The first kappa shape index (κ1) is 11.5. The summed E-state index contributed by atoms with van der Waals surface area (Å²) in [6, 6.07) is 7.48. The number of fused-ring (bicyclic) bond motifs is 1. The largest absolute Gasteiger partial charge is 0.360 e. The van der Waals surface area contributed by atoms with Crippen molar-refractivity contribution in [3.8, 4) is 0 Å². The monoisotopic (exact) mass is 259 g/mol. The lowest BCUT2D eigenvalue weighted by Crippen LogP contribution is -2.12. The van der Waals surface area contributed by atoms with E-state index in [2.05, 4.69) is 15.5 Å². The maximum atomic E-state index is 13.1. The predicted octanol–water partition coefficient (Wildman–Crippen LogP) is 2.86. The number of aromatic nitrogens is 2. The molecule has 0 saturated heterocycles. The Labute approximate surface area is 107 Å². The molecule has 5 nitrogen and oxygen atoms in total. The van der Waals surface area contributed by atoms with Crippen molar-refractivity contribution in [3.63, 3.8) is 0 Å². The number of nitrogens with one attached hydrogen (secondary N) is 2. The fourth-order valence-electron chi connectivity index (χ4n) is 1.83. The van der Waals surface area contributed by atoms with Crippen LogP contribution in [0.4, 0.5) is 10.2 Å². The third-order valence-corrected chi connectivity index (χ3v) is 2.70. The van der Waals surface area contributed by atoms with Gasteiger partial charge in [0.25, 0.3) is 5.91 Å². The summed E-state index contributed by atoms with van der Waals surface area (Å²) in [6.45, 7) is 1.73. The minimum absolute atomic E-state index is 0.334. The Morgan fingerprint density at radius 2 is 2.21 bits per heavy atom. The van der Waals surface area contributed by atoms with Crippen LogP contribution in [0.15, 0.2) is 34.9 Å². The number of anilines is 1. The molecule has 96 valence electrons. The Hall–Kier alpha value is -2.63. The number of nitrogens with zero attached hydrogens (tertiary/aromatic N) is 1. The van der Waals surface area contributed by atoms with Gasteiger partial charge in [-0.3, -0.25) is 4.79 Å². The summed E-state index contributed by atoms with van der Waals surface area (Å²) in [6.07, 6.45) is 0. The van der Waals surface area contributed by atoms with Gasteiger partial charge in [-0.2, -0.15) is 0 Å². The average Bonchev–Trinajstić information content (AvgIpc) is 2.95. The number of hydrogen-bond donors (Lipinski definition) is 2. The number of aryl methyl sites for hydroxylation is 1. The van der Waals surface area contributed by atoms with Crippen molar-refractivity contribution < 1.29 is 13.7 Å². The van der Waals surface area contributed by atoms with Gasteiger partial charge in [-0.25, -0.2) is 4.39 Å². The predicted molar refractivity (Wildman–Crippen MR) is 67.4 cm³/mol. The molecule has 0 aliphatic carbocycles. The van der Waals surface area contributed by atoms with Crippen molar-refractivity contribution in [1.29, 1.82) is 0 Å². The number of rotatable bonds is 2. The lowest BCUT2D eigenvalue weighted by Gasteiger charge is -1.97. The van der Waals surface area contributed by atoms with Gasteiger partial charge in [0.1, 0.15) is 17.3 Å². The summed E-state index contributed by atoms with van der Waals surface area (Å²) < 4.78 is 17.9. The summed E-state index contributed by atoms with van der Waals surface area (Å²) in [5.41, 5.74) is 1.03. The van der Waals surface area contributed by atoms with Gasteiger partial charge < -0.3 is 14.8 Å². The number of amides is 1.